The molecule has 4 heteroatoms. The molecule has 0 fully saturated rings. The van der Waals surface area contributed by atoms with Gasteiger partial charge in [-0.05, 0) is 46.5 Å². The highest BCUT2D eigenvalue weighted by Gasteiger charge is 1.99. The number of aliphatic imine (C=N–C) groups is 2. The van der Waals surface area contributed by atoms with E-state index in [-0.39, 0.29) is 0 Å². The second-order valence-electron chi connectivity index (χ2n) is 6.09. The van der Waals surface area contributed by atoms with Crippen molar-refractivity contribution in [2.75, 3.05) is 0 Å². The average Bonchev–Trinajstić information content (AvgIpc) is 2.78. The van der Waals surface area contributed by atoms with Gasteiger partial charge in [0.2, 0.25) is 0 Å². The molecule has 0 bridgehead atoms. The summed E-state index contributed by atoms with van der Waals surface area (Å²) >= 11 is 0. The van der Waals surface area contributed by atoms with Crippen LogP contribution in [0.3, 0.4) is 0 Å². The van der Waals surface area contributed by atoms with Gasteiger partial charge in [0.05, 0.1) is 0 Å². The molecule has 0 aliphatic heterocycles. The number of hydrogen-bond acceptors (Lipinski definition) is 4. The lowest BCUT2D eigenvalue weighted by Crippen LogP contribution is -1.82. The molecule has 134 valence electrons. The Hall–Kier alpha value is -3.92. The Morgan fingerprint density at radius 1 is 0.500 bits per heavy atom. The minimum atomic E-state index is 0.638. The van der Waals surface area contributed by atoms with Gasteiger partial charge in [0.15, 0.2) is 11.6 Å². The Morgan fingerprint density at radius 2 is 0.929 bits per heavy atom. The SMILES string of the molecule is C(/C=N/c1cc(-c2ccccc2)ccn1)=N\c1cc(-c2ccccc2)ccn1. The second kappa shape index (κ2) is 8.64. The molecular weight excluding hydrogens is 344 g/mol. The highest BCUT2D eigenvalue weighted by Crippen LogP contribution is 2.22. The molecule has 0 atom stereocenters. The first-order valence-corrected chi connectivity index (χ1v) is 8.98. The van der Waals surface area contributed by atoms with E-state index in [2.05, 4.69) is 44.2 Å². The lowest BCUT2D eigenvalue weighted by Gasteiger charge is -2.01. The highest BCUT2D eigenvalue weighted by atomic mass is 14.9. The van der Waals surface area contributed by atoms with Crippen molar-refractivity contribution in [2.45, 2.75) is 0 Å². The van der Waals surface area contributed by atoms with Gasteiger partial charge < -0.3 is 0 Å². The first-order valence-electron chi connectivity index (χ1n) is 8.98. The number of pyridine rings is 2. The second-order valence-corrected chi connectivity index (χ2v) is 6.09. The molecule has 0 N–H and O–H groups in total. The molecule has 2 heterocycles. The van der Waals surface area contributed by atoms with Gasteiger partial charge in [-0.25, -0.2) is 20.0 Å². The molecule has 0 saturated carbocycles. The quantitative estimate of drug-likeness (QED) is 0.414. The minimum Gasteiger partial charge on any atom is -0.237 e. The first kappa shape index (κ1) is 17.5. The fourth-order valence-corrected chi connectivity index (χ4v) is 2.82. The molecule has 0 amide bonds. The van der Waals surface area contributed by atoms with Gasteiger partial charge in [-0.1, -0.05) is 60.7 Å². The van der Waals surface area contributed by atoms with Crippen LogP contribution in [0.25, 0.3) is 22.3 Å². The number of hydrogen-bond donors (Lipinski definition) is 0. The van der Waals surface area contributed by atoms with Crippen LogP contribution in [-0.2, 0) is 0 Å². The summed E-state index contributed by atoms with van der Waals surface area (Å²) < 4.78 is 0. The topological polar surface area (TPSA) is 50.5 Å². The fourth-order valence-electron chi connectivity index (χ4n) is 2.82. The molecule has 0 unspecified atom stereocenters. The van der Waals surface area contributed by atoms with Crippen molar-refractivity contribution in [3.05, 3.63) is 97.3 Å². The Morgan fingerprint density at radius 3 is 1.36 bits per heavy atom. The predicted octanol–water partition coefficient (Wildman–Crippen LogP) is 5.92. The van der Waals surface area contributed by atoms with Crippen LogP contribution in [-0.4, -0.2) is 22.4 Å². The summed E-state index contributed by atoms with van der Waals surface area (Å²) in [5, 5.41) is 0. The molecule has 0 aliphatic carbocycles. The highest BCUT2D eigenvalue weighted by molar-refractivity contribution is 6.17. The summed E-state index contributed by atoms with van der Waals surface area (Å²) in [6.45, 7) is 0. The largest absolute Gasteiger partial charge is 0.237 e. The third-order valence-corrected chi connectivity index (χ3v) is 4.19. The van der Waals surface area contributed by atoms with Gasteiger partial charge >= 0.3 is 0 Å². The van der Waals surface area contributed by atoms with Crippen LogP contribution in [0.5, 0.6) is 0 Å². The molecule has 0 aliphatic rings. The zero-order valence-electron chi connectivity index (χ0n) is 15.2. The zero-order valence-corrected chi connectivity index (χ0v) is 15.2. The third-order valence-electron chi connectivity index (χ3n) is 4.19. The molecule has 4 nitrogen and oxygen atoms in total. The molecule has 2 aromatic carbocycles. The first-order chi connectivity index (χ1) is 13.9. The van der Waals surface area contributed by atoms with E-state index in [1.807, 2.05) is 60.7 Å². The molecule has 2 aromatic heterocycles. The average molecular weight is 362 g/mol. The maximum absolute atomic E-state index is 4.37. The van der Waals surface area contributed by atoms with Crippen LogP contribution in [0.1, 0.15) is 0 Å². The number of rotatable bonds is 5. The molecule has 4 aromatic rings. The van der Waals surface area contributed by atoms with Gasteiger partial charge in [-0.15, -0.1) is 0 Å². The Labute approximate surface area is 164 Å². The van der Waals surface area contributed by atoms with Crippen molar-refractivity contribution in [2.24, 2.45) is 9.98 Å². The Balaban J connectivity index is 1.48. The van der Waals surface area contributed by atoms with Crippen molar-refractivity contribution in [1.82, 2.24) is 9.97 Å². The van der Waals surface area contributed by atoms with Crippen LogP contribution in [0.2, 0.25) is 0 Å². The predicted molar refractivity (Wildman–Crippen MR) is 116 cm³/mol. The Bertz CT molecular complexity index is 1010. The minimum absolute atomic E-state index is 0.638. The van der Waals surface area contributed by atoms with Gasteiger partial charge in [-0.2, -0.15) is 0 Å². The molecule has 28 heavy (non-hydrogen) atoms. The van der Waals surface area contributed by atoms with Crippen molar-refractivity contribution in [3.63, 3.8) is 0 Å². The molecule has 0 radical (unpaired) electrons. The number of nitrogens with zero attached hydrogens (tertiary/aromatic N) is 4. The number of benzene rings is 2. The monoisotopic (exact) mass is 362 g/mol. The van der Waals surface area contributed by atoms with Gasteiger partial charge in [-0.3, -0.25) is 0 Å². The summed E-state index contributed by atoms with van der Waals surface area (Å²) in [4.78, 5) is 17.3. The molecule has 0 spiro atoms. The van der Waals surface area contributed by atoms with Crippen LogP contribution in [0.15, 0.2) is 107 Å². The van der Waals surface area contributed by atoms with Crippen molar-refractivity contribution in [3.8, 4) is 22.3 Å². The Kier molecular flexibility index (Phi) is 5.40. The normalized spacial score (nSPS) is 11.3. The fraction of sp³-hybridized carbons (Fsp3) is 0. The summed E-state index contributed by atoms with van der Waals surface area (Å²) in [6, 6.07) is 28.2. The lowest BCUT2D eigenvalue weighted by molar-refractivity contribution is 1.28. The van der Waals surface area contributed by atoms with Crippen LogP contribution in [0, 0.1) is 0 Å². The van der Waals surface area contributed by atoms with Gasteiger partial charge in [0.25, 0.3) is 0 Å². The third kappa shape index (κ3) is 4.43. The van der Waals surface area contributed by atoms with E-state index in [1.165, 1.54) is 0 Å². The smallest absolute Gasteiger partial charge is 0.152 e. The van der Waals surface area contributed by atoms with Crippen LogP contribution >= 0.6 is 0 Å². The molecule has 4 rings (SSSR count). The van der Waals surface area contributed by atoms with E-state index in [1.54, 1.807) is 24.8 Å². The van der Waals surface area contributed by atoms with E-state index in [0.29, 0.717) is 11.6 Å². The van der Waals surface area contributed by atoms with Gasteiger partial charge in [0.1, 0.15) is 0 Å². The van der Waals surface area contributed by atoms with E-state index in [4.69, 9.17) is 0 Å². The van der Waals surface area contributed by atoms with E-state index >= 15 is 0 Å². The molecule has 0 saturated heterocycles. The summed E-state index contributed by atoms with van der Waals surface area (Å²) in [5.41, 5.74) is 4.43. The molecular formula is C24H18N4. The van der Waals surface area contributed by atoms with Crippen molar-refractivity contribution >= 4 is 24.1 Å². The van der Waals surface area contributed by atoms with E-state index in [9.17, 15) is 0 Å². The number of aromatic nitrogens is 2. The van der Waals surface area contributed by atoms with Crippen molar-refractivity contribution in [1.29, 1.82) is 0 Å². The summed E-state index contributed by atoms with van der Waals surface area (Å²) in [5.74, 6) is 1.28. The summed E-state index contributed by atoms with van der Waals surface area (Å²) in [7, 11) is 0. The van der Waals surface area contributed by atoms with Crippen LogP contribution < -0.4 is 0 Å². The van der Waals surface area contributed by atoms with Gasteiger partial charge in [0, 0.05) is 24.8 Å². The van der Waals surface area contributed by atoms with Crippen molar-refractivity contribution < 1.29 is 0 Å². The van der Waals surface area contributed by atoms with E-state index < -0.39 is 0 Å². The maximum atomic E-state index is 4.37. The summed E-state index contributed by atoms with van der Waals surface area (Å²) in [6.07, 6.45) is 6.79. The maximum Gasteiger partial charge on any atom is 0.152 e. The lowest BCUT2D eigenvalue weighted by atomic mass is 10.1. The standard InChI is InChI=1S/C24H18N4/c1-3-7-19(8-4-1)21-11-13-25-23(17-21)27-15-16-28-24-18-22(12-14-26-24)20-9-5-2-6-10-20/h1-18H/b27-15+,28-16+. The zero-order chi connectivity index (χ0) is 19.0. The van der Waals surface area contributed by atoms with Crippen LogP contribution in [0.4, 0.5) is 11.6 Å². The van der Waals surface area contributed by atoms with E-state index in [0.717, 1.165) is 22.3 Å².